The first-order valence-corrected chi connectivity index (χ1v) is 26.1. The molecule has 1 aromatic heterocycles. The number of aromatic amines is 1. The molecular weight excluding hydrogens is 895 g/mol. The van der Waals surface area contributed by atoms with E-state index in [9.17, 15) is 24.0 Å². The number of allylic oxidation sites excluding steroid dienone is 1. The van der Waals surface area contributed by atoms with Crippen molar-refractivity contribution in [1.82, 2.24) is 30.4 Å². The third-order valence-electron chi connectivity index (χ3n) is 17.6. The molecule has 7 aliphatic rings. The molecular formula is C57H67N7O7. The number of methoxy groups -OCH3 is 2. The van der Waals surface area contributed by atoms with Crippen molar-refractivity contribution in [2.24, 2.45) is 34.1 Å². The molecule has 4 aromatic rings. The van der Waals surface area contributed by atoms with Gasteiger partial charge in [-0.15, -0.1) is 0 Å². The van der Waals surface area contributed by atoms with Gasteiger partial charge < -0.3 is 34.9 Å². The van der Waals surface area contributed by atoms with Gasteiger partial charge in [0.25, 0.3) is 5.56 Å². The summed E-state index contributed by atoms with van der Waals surface area (Å²) in [6, 6.07) is 17.7. The number of benzene rings is 3. The van der Waals surface area contributed by atoms with Crippen molar-refractivity contribution in [1.29, 1.82) is 0 Å². The van der Waals surface area contributed by atoms with Gasteiger partial charge >= 0.3 is 12.2 Å². The van der Waals surface area contributed by atoms with E-state index >= 15 is 0 Å². The lowest BCUT2D eigenvalue weighted by Gasteiger charge is -2.38. The summed E-state index contributed by atoms with van der Waals surface area (Å²) < 4.78 is 9.74. The first-order chi connectivity index (χ1) is 34.2. The lowest BCUT2D eigenvalue weighted by molar-refractivity contribution is -0.139. The lowest BCUT2D eigenvalue weighted by atomic mass is 9.82. The second-order valence-electron chi connectivity index (χ2n) is 22.4. The predicted octanol–water partition coefficient (Wildman–Crippen LogP) is 9.29. The van der Waals surface area contributed by atoms with Crippen LogP contribution in [0.5, 0.6) is 0 Å². The molecule has 0 radical (unpaired) electrons. The maximum atomic E-state index is 14.2. The van der Waals surface area contributed by atoms with Crippen LogP contribution in [-0.4, -0.2) is 93.9 Å². The number of carbonyl (C=O) groups excluding carboxylic acids is 4. The molecule has 8 atom stereocenters. The van der Waals surface area contributed by atoms with Gasteiger partial charge in [-0.25, -0.2) is 14.6 Å². The molecule has 14 heteroatoms. The molecule has 3 aliphatic heterocycles. The molecule has 4 amide bonds. The molecule has 1 spiro atoms. The fraction of sp³-hybridized carbons (Fsp3) is 0.526. The van der Waals surface area contributed by atoms with Crippen LogP contribution in [0.15, 0.2) is 70.6 Å². The molecule has 4 heterocycles. The highest BCUT2D eigenvalue weighted by atomic mass is 16.5. The number of carbonyl (C=O) groups is 4. The number of nitrogens with one attached hydrogen (secondary N) is 3. The Labute approximate surface area is 415 Å². The van der Waals surface area contributed by atoms with Crippen LogP contribution in [0.1, 0.15) is 127 Å². The summed E-state index contributed by atoms with van der Waals surface area (Å²) in [6.45, 7) is 7.71. The van der Waals surface area contributed by atoms with Crippen molar-refractivity contribution in [3.05, 3.63) is 93.7 Å². The van der Waals surface area contributed by atoms with Crippen molar-refractivity contribution >= 4 is 46.2 Å². The molecule has 3 aromatic carbocycles. The minimum Gasteiger partial charge on any atom is -0.453 e. The number of rotatable bonds is 11. The van der Waals surface area contributed by atoms with E-state index in [1.54, 1.807) is 0 Å². The van der Waals surface area contributed by atoms with Crippen LogP contribution in [0.4, 0.5) is 9.59 Å². The Morgan fingerprint density at radius 2 is 1.24 bits per heavy atom. The maximum Gasteiger partial charge on any atom is 0.407 e. The highest BCUT2D eigenvalue weighted by Crippen LogP contribution is 2.54. The molecule has 5 fully saturated rings. The van der Waals surface area contributed by atoms with E-state index in [1.807, 2.05) is 55.8 Å². The Bertz CT molecular complexity index is 2930. The van der Waals surface area contributed by atoms with Gasteiger partial charge in [-0.3, -0.25) is 19.4 Å². The van der Waals surface area contributed by atoms with Crippen molar-refractivity contribution in [2.45, 2.75) is 147 Å². The van der Waals surface area contributed by atoms with Gasteiger partial charge in [0.1, 0.15) is 17.9 Å². The molecule has 3 saturated carbocycles. The number of fused-ring (bicyclic) bond motifs is 6. The summed E-state index contributed by atoms with van der Waals surface area (Å²) >= 11 is 0. The maximum absolute atomic E-state index is 14.2. The van der Waals surface area contributed by atoms with E-state index in [2.05, 4.69) is 58.1 Å². The summed E-state index contributed by atoms with van der Waals surface area (Å²) in [5.41, 5.74) is 11.3. The molecule has 0 unspecified atom stereocenters. The number of aliphatic imine (C=N–C) groups is 1. The average Bonchev–Trinajstić information content (AvgIpc) is 4.26. The zero-order chi connectivity index (χ0) is 49.5. The summed E-state index contributed by atoms with van der Waals surface area (Å²) in [6.07, 6.45) is 14.1. The van der Waals surface area contributed by atoms with E-state index in [1.165, 1.54) is 62.2 Å². The molecule has 372 valence electrons. The van der Waals surface area contributed by atoms with Crippen LogP contribution >= 0.6 is 0 Å². The zero-order valence-electron chi connectivity index (χ0n) is 41.9. The molecule has 11 rings (SSSR count). The largest absolute Gasteiger partial charge is 0.453 e. The van der Waals surface area contributed by atoms with Crippen LogP contribution in [0.3, 0.4) is 0 Å². The molecule has 14 nitrogen and oxygen atoms in total. The van der Waals surface area contributed by atoms with Gasteiger partial charge in [0, 0.05) is 30.4 Å². The summed E-state index contributed by atoms with van der Waals surface area (Å²) in [4.78, 5) is 84.2. The van der Waals surface area contributed by atoms with Gasteiger partial charge in [0.05, 0.1) is 37.2 Å². The topological polar surface area (TPSA) is 175 Å². The minimum atomic E-state index is -0.762. The third-order valence-corrected chi connectivity index (χ3v) is 17.6. The number of aromatic nitrogens is 2. The highest BCUT2D eigenvalue weighted by Gasteiger charge is 2.53. The van der Waals surface area contributed by atoms with Crippen molar-refractivity contribution in [3.8, 4) is 22.3 Å². The van der Waals surface area contributed by atoms with E-state index in [4.69, 9.17) is 19.5 Å². The van der Waals surface area contributed by atoms with E-state index in [-0.39, 0.29) is 64.7 Å². The van der Waals surface area contributed by atoms with Crippen LogP contribution in [0.2, 0.25) is 0 Å². The van der Waals surface area contributed by atoms with Gasteiger partial charge in [0.2, 0.25) is 11.8 Å². The number of ether oxygens (including phenoxy) is 2. The Morgan fingerprint density at radius 3 is 1.82 bits per heavy atom. The van der Waals surface area contributed by atoms with Crippen molar-refractivity contribution in [2.75, 3.05) is 14.2 Å². The smallest absolute Gasteiger partial charge is 0.407 e. The number of H-pyrrole nitrogens is 1. The molecule has 71 heavy (non-hydrogen) atoms. The minimum absolute atomic E-state index is 0.0203. The lowest BCUT2D eigenvalue weighted by Crippen LogP contribution is -2.57. The summed E-state index contributed by atoms with van der Waals surface area (Å²) in [5.74, 6) is 0.545. The fourth-order valence-electron chi connectivity index (χ4n) is 14.2. The summed E-state index contributed by atoms with van der Waals surface area (Å²) in [5, 5.41) is 6.07. The molecule has 3 N–H and O–H groups in total. The predicted molar refractivity (Wildman–Crippen MR) is 272 cm³/mol. The van der Waals surface area contributed by atoms with E-state index in [0.29, 0.717) is 29.1 Å². The Kier molecular flexibility index (Phi) is 12.2. The second-order valence-corrected chi connectivity index (χ2v) is 22.4. The number of likely N-dealkylation sites (tertiary alicyclic amines) is 2. The Balaban J connectivity index is 0.847. The number of hydrogen-bond acceptors (Lipinski definition) is 9. The van der Waals surface area contributed by atoms with Crippen LogP contribution < -0.4 is 16.2 Å². The van der Waals surface area contributed by atoms with Crippen molar-refractivity contribution < 1.29 is 28.7 Å². The van der Waals surface area contributed by atoms with Crippen LogP contribution in [0.25, 0.3) is 38.7 Å². The SMILES string of the molecule is COC(=O)N[C@H](C(=O)N1[C@@H]2CC[C@@H](C2)[C@H]1C1=NC=C(c2ccc(-c3ccc(-c4ccc5nc([C@@H]6[C@H]7CC[C@H](C7)N6C(=O)[C@@H](NC(=O)OC)C(C)C)[nH]c(=O)c5c4)c4c3CC3(CCCC3)C4)cc2)C1)C(C)C. The summed E-state index contributed by atoms with van der Waals surface area (Å²) in [7, 11) is 2.62. The van der Waals surface area contributed by atoms with Gasteiger partial charge in [-0.05, 0) is 150 Å². The second kappa shape index (κ2) is 18.4. The zero-order valence-corrected chi connectivity index (χ0v) is 41.9. The highest BCUT2D eigenvalue weighted by molar-refractivity contribution is 6.04. The Hall–Kier alpha value is -6.31. The standard InChI is InChI=1S/C57H67N7O7/c1-30(2)47(60-55(68)70-5)53(66)63-38-16-13-35(23-38)49(63)46-26-37(29-58-46)32-9-11-33(12-10-32)40-18-19-41(44-28-57(27-43(40)44)21-7-8-22-57)34-15-20-45-42(25-34)52(65)62-51(59-45)50-36-14-17-39(24-36)64(50)54(67)48(31(3)4)61-56(69)71-6/h9-12,15,18-20,25,29-31,35-36,38-39,47-50H,7-8,13-14,16-17,21-24,26-28H2,1-6H3,(H,60,68)(H,61,69)(H,59,62,65)/t35-,36-,38+,39+,47-,48-,49-,50-/m0/s1. The average molecular weight is 962 g/mol. The number of alkyl carbamates (subject to hydrolysis) is 2. The molecule has 2 saturated heterocycles. The van der Waals surface area contributed by atoms with Crippen molar-refractivity contribution in [3.63, 3.8) is 0 Å². The first kappa shape index (κ1) is 47.0. The monoisotopic (exact) mass is 962 g/mol. The number of piperidine rings is 2. The number of amides is 4. The van der Waals surface area contributed by atoms with Gasteiger partial charge in [0.15, 0.2) is 0 Å². The van der Waals surface area contributed by atoms with Gasteiger partial charge in [-0.2, -0.15) is 0 Å². The Morgan fingerprint density at radius 1 is 0.704 bits per heavy atom. The van der Waals surface area contributed by atoms with Crippen LogP contribution in [-0.2, 0) is 31.9 Å². The molecule has 4 bridgehead atoms. The quantitative estimate of drug-likeness (QED) is 0.133. The van der Waals surface area contributed by atoms with E-state index in [0.717, 1.165) is 79.3 Å². The number of hydrogen-bond donors (Lipinski definition) is 3. The normalized spacial score (nSPS) is 25.5. The number of nitrogens with zero attached hydrogens (tertiary/aromatic N) is 4. The fourth-order valence-corrected chi connectivity index (χ4v) is 14.2. The van der Waals surface area contributed by atoms with Crippen LogP contribution in [0, 0.1) is 29.1 Å². The molecule has 4 aliphatic carbocycles. The third kappa shape index (κ3) is 8.22. The van der Waals surface area contributed by atoms with E-state index < -0.39 is 24.3 Å². The van der Waals surface area contributed by atoms with Gasteiger partial charge in [-0.1, -0.05) is 83.0 Å². The first-order valence-electron chi connectivity index (χ1n) is 26.1.